The summed E-state index contributed by atoms with van der Waals surface area (Å²) in [5.41, 5.74) is 2.10. The van der Waals surface area contributed by atoms with E-state index < -0.39 is 7.60 Å². The minimum Gasteiger partial charge on any atom is -0.497 e. The number of rotatable bonds is 11. The van der Waals surface area contributed by atoms with E-state index in [1.54, 1.807) is 33.1 Å². The van der Waals surface area contributed by atoms with E-state index in [1.807, 2.05) is 36.4 Å². The van der Waals surface area contributed by atoms with Gasteiger partial charge in [-0.2, -0.15) is 0 Å². The molecule has 3 aromatic rings. The molecule has 0 atom stereocenters. The van der Waals surface area contributed by atoms with Crippen molar-refractivity contribution in [1.82, 2.24) is 4.98 Å². The van der Waals surface area contributed by atoms with Crippen LogP contribution in [0.4, 0.5) is 5.88 Å². The molecule has 2 aromatic carbocycles. The summed E-state index contributed by atoms with van der Waals surface area (Å²) in [5.74, 6) is 1.44. The molecule has 166 valence electrons. The van der Waals surface area contributed by atoms with Crippen LogP contribution >= 0.6 is 19.2 Å². The van der Waals surface area contributed by atoms with E-state index in [-0.39, 0.29) is 24.5 Å². The summed E-state index contributed by atoms with van der Waals surface area (Å²) >= 11 is 5.96. The number of nitrogens with one attached hydrogen (secondary N) is 1. The van der Waals surface area contributed by atoms with Crippen LogP contribution in [0.25, 0.3) is 0 Å². The number of anilines is 1. The second-order valence-corrected chi connectivity index (χ2v) is 8.97. The fourth-order valence-corrected chi connectivity index (χ4v) is 4.67. The van der Waals surface area contributed by atoms with Crippen molar-refractivity contribution in [1.29, 1.82) is 0 Å². The van der Waals surface area contributed by atoms with Crippen molar-refractivity contribution in [2.24, 2.45) is 0 Å². The van der Waals surface area contributed by atoms with Crippen LogP contribution in [-0.4, -0.2) is 25.3 Å². The molecule has 0 radical (unpaired) electrons. The SMILES string of the molecule is CCOP(=O)(OCC)c1nc(Cc2ccc(Cl)cc2)oc1NCc1ccc(OC)cc1. The third kappa shape index (κ3) is 6.11. The van der Waals surface area contributed by atoms with E-state index in [0.29, 0.717) is 23.9 Å². The van der Waals surface area contributed by atoms with Crippen LogP contribution < -0.4 is 15.5 Å². The van der Waals surface area contributed by atoms with Gasteiger partial charge in [0, 0.05) is 18.0 Å². The van der Waals surface area contributed by atoms with Gasteiger partial charge in [0.05, 0.1) is 20.3 Å². The van der Waals surface area contributed by atoms with Crippen LogP contribution in [0.2, 0.25) is 5.02 Å². The van der Waals surface area contributed by atoms with Crippen molar-refractivity contribution in [3.8, 4) is 5.75 Å². The maximum absolute atomic E-state index is 13.4. The van der Waals surface area contributed by atoms with Gasteiger partial charge in [-0.25, -0.2) is 4.98 Å². The van der Waals surface area contributed by atoms with Crippen molar-refractivity contribution < 1.29 is 22.8 Å². The maximum atomic E-state index is 13.4. The third-order valence-electron chi connectivity index (χ3n) is 4.39. The molecule has 0 saturated carbocycles. The molecule has 7 nitrogen and oxygen atoms in total. The zero-order valence-corrected chi connectivity index (χ0v) is 19.4. The van der Waals surface area contributed by atoms with Gasteiger partial charge in [-0.1, -0.05) is 35.9 Å². The number of hydrogen-bond donors (Lipinski definition) is 1. The van der Waals surface area contributed by atoms with Gasteiger partial charge in [-0.05, 0) is 49.2 Å². The first-order valence-corrected chi connectivity index (χ1v) is 11.9. The van der Waals surface area contributed by atoms with Gasteiger partial charge < -0.3 is 23.5 Å². The van der Waals surface area contributed by atoms with Gasteiger partial charge in [0.1, 0.15) is 5.75 Å². The number of halogens is 1. The zero-order chi connectivity index (χ0) is 22.3. The van der Waals surface area contributed by atoms with E-state index in [9.17, 15) is 4.57 Å². The molecule has 0 aliphatic rings. The summed E-state index contributed by atoms with van der Waals surface area (Å²) < 4.78 is 35.5. The average Bonchev–Trinajstić information content (AvgIpc) is 3.18. The highest BCUT2D eigenvalue weighted by atomic mass is 35.5. The van der Waals surface area contributed by atoms with Crippen molar-refractivity contribution >= 4 is 30.5 Å². The number of ether oxygens (including phenoxy) is 1. The molecular weight excluding hydrogens is 439 g/mol. The number of aromatic nitrogens is 1. The third-order valence-corrected chi connectivity index (χ3v) is 6.66. The van der Waals surface area contributed by atoms with E-state index in [2.05, 4.69) is 10.3 Å². The molecule has 1 heterocycles. The molecule has 3 rings (SSSR count). The summed E-state index contributed by atoms with van der Waals surface area (Å²) in [6.45, 7) is 4.38. The topological polar surface area (TPSA) is 82.8 Å². The highest BCUT2D eigenvalue weighted by Gasteiger charge is 2.35. The van der Waals surface area contributed by atoms with Crippen LogP contribution in [0, 0.1) is 0 Å². The predicted molar refractivity (Wildman–Crippen MR) is 122 cm³/mol. The lowest BCUT2D eigenvalue weighted by atomic mass is 10.1. The summed E-state index contributed by atoms with van der Waals surface area (Å²) in [6.07, 6.45) is 0.409. The van der Waals surface area contributed by atoms with Crippen molar-refractivity contribution in [2.45, 2.75) is 26.8 Å². The second-order valence-electron chi connectivity index (χ2n) is 6.60. The Morgan fingerprint density at radius 3 is 2.19 bits per heavy atom. The summed E-state index contributed by atoms with van der Waals surface area (Å²) in [6, 6.07) is 15.0. The van der Waals surface area contributed by atoms with Crippen LogP contribution in [0.15, 0.2) is 52.9 Å². The molecule has 0 bridgehead atoms. The Morgan fingerprint density at radius 2 is 1.61 bits per heavy atom. The molecule has 0 spiro atoms. The van der Waals surface area contributed by atoms with Gasteiger partial charge in [-0.3, -0.25) is 4.57 Å². The number of methoxy groups -OCH3 is 1. The highest BCUT2D eigenvalue weighted by Crippen LogP contribution is 2.48. The number of oxazole rings is 1. The molecule has 1 N–H and O–H groups in total. The maximum Gasteiger partial charge on any atom is 0.385 e. The Morgan fingerprint density at radius 1 is 1.00 bits per heavy atom. The summed E-state index contributed by atoms with van der Waals surface area (Å²) in [7, 11) is -2.02. The van der Waals surface area contributed by atoms with Crippen LogP contribution in [0.1, 0.15) is 30.9 Å². The van der Waals surface area contributed by atoms with E-state index >= 15 is 0 Å². The molecule has 31 heavy (non-hydrogen) atoms. The van der Waals surface area contributed by atoms with E-state index in [0.717, 1.165) is 16.9 Å². The standard InChI is InChI=1S/C22H26ClN2O5P/c1-4-28-31(26,29-5-2)22-21(24-15-17-8-12-19(27-3)13-9-17)30-20(25-22)14-16-6-10-18(23)11-7-16/h6-13,24H,4-5,14-15H2,1-3H3. The monoisotopic (exact) mass is 464 g/mol. The fourth-order valence-electron chi connectivity index (χ4n) is 2.93. The summed E-state index contributed by atoms with van der Waals surface area (Å²) in [4.78, 5) is 4.48. The minimum atomic E-state index is -3.64. The van der Waals surface area contributed by atoms with Crippen LogP contribution in [-0.2, 0) is 26.6 Å². The molecule has 0 fully saturated rings. The lowest BCUT2D eigenvalue weighted by Gasteiger charge is -2.15. The van der Waals surface area contributed by atoms with Gasteiger partial charge in [0.15, 0.2) is 0 Å². The molecule has 0 amide bonds. The molecule has 0 unspecified atom stereocenters. The Hall–Kier alpha value is -2.31. The highest BCUT2D eigenvalue weighted by molar-refractivity contribution is 7.62. The van der Waals surface area contributed by atoms with E-state index in [1.165, 1.54) is 0 Å². The molecule has 9 heteroatoms. The largest absolute Gasteiger partial charge is 0.497 e. The Kier molecular flexibility index (Phi) is 8.15. The van der Waals surface area contributed by atoms with Crippen molar-refractivity contribution in [3.05, 3.63) is 70.6 Å². The Bertz CT molecular complexity index is 1010. The average molecular weight is 465 g/mol. The number of nitrogens with zero attached hydrogens (tertiary/aromatic N) is 1. The summed E-state index contributed by atoms with van der Waals surface area (Å²) in [5, 5.41) is 3.83. The Labute approximate surface area is 187 Å². The second kappa shape index (κ2) is 10.8. The molecule has 1 aromatic heterocycles. The number of hydrogen-bond acceptors (Lipinski definition) is 7. The lowest BCUT2D eigenvalue weighted by molar-refractivity contribution is 0.229. The zero-order valence-electron chi connectivity index (χ0n) is 17.8. The van der Waals surface area contributed by atoms with Gasteiger partial charge in [0.2, 0.25) is 17.2 Å². The predicted octanol–water partition coefficient (Wildman–Crippen LogP) is 5.43. The molecular formula is C22H26ClN2O5P. The van der Waals surface area contributed by atoms with Crippen molar-refractivity contribution in [2.75, 3.05) is 25.6 Å². The first kappa shape index (κ1) is 23.4. The molecule has 0 saturated heterocycles. The van der Waals surface area contributed by atoms with Crippen molar-refractivity contribution in [3.63, 3.8) is 0 Å². The normalized spacial score (nSPS) is 11.5. The first-order chi connectivity index (χ1) is 15.0. The van der Waals surface area contributed by atoms with Crippen LogP contribution in [0.5, 0.6) is 5.75 Å². The van der Waals surface area contributed by atoms with Gasteiger partial charge in [0.25, 0.3) is 0 Å². The lowest BCUT2D eigenvalue weighted by Crippen LogP contribution is -2.16. The Balaban J connectivity index is 1.88. The van der Waals surface area contributed by atoms with Crippen LogP contribution in [0.3, 0.4) is 0 Å². The van der Waals surface area contributed by atoms with Gasteiger partial charge in [-0.15, -0.1) is 0 Å². The molecule has 0 aliphatic carbocycles. The van der Waals surface area contributed by atoms with Gasteiger partial charge >= 0.3 is 7.60 Å². The van der Waals surface area contributed by atoms with E-state index in [4.69, 9.17) is 29.8 Å². The number of benzene rings is 2. The quantitative estimate of drug-likeness (QED) is 0.379. The fraction of sp³-hybridized carbons (Fsp3) is 0.318. The minimum absolute atomic E-state index is 0.147. The first-order valence-electron chi connectivity index (χ1n) is 9.98. The molecule has 0 aliphatic heterocycles. The smallest absolute Gasteiger partial charge is 0.385 e.